The normalized spacial score (nSPS) is 36.0. The van der Waals surface area contributed by atoms with E-state index in [1.165, 1.54) is 0 Å². The van der Waals surface area contributed by atoms with Crippen LogP contribution in [0, 0.1) is 0 Å². The highest BCUT2D eigenvalue weighted by Crippen LogP contribution is 2.16. The number of sulfone groups is 1. The third-order valence-electron chi connectivity index (χ3n) is 3.41. The van der Waals surface area contributed by atoms with E-state index < -0.39 is 20.6 Å². The second kappa shape index (κ2) is 5.14. The van der Waals surface area contributed by atoms with Gasteiger partial charge in [-0.05, 0) is 25.7 Å². The predicted molar refractivity (Wildman–Crippen MR) is 65.7 cm³/mol. The molecule has 2 aliphatic heterocycles. The fraction of sp³-hybridized carbons (Fsp3) is 1.00. The lowest BCUT2D eigenvalue weighted by Crippen LogP contribution is -2.45. The smallest absolute Gasteiger partial charge is 0.150 e. The van der Waals surface area contributed by atoms with E-state index in [0.29, 0.717) is 23.6 Å². The molecule has 4 nitrogen and oxygen atoms in total. The summed E-state index contributed by atoms with van der Waals surface area (Å²) in [5, 5.41) is 3.52. The molecule has 0 aromatic carbocycles. The van der Waals surface area contributed by atoms with E-state index in [2.05, 4.69) is 5.32 Å². The third kappa shape index (κ3) is 3.53. The Morgan fingerprint density at radius 2 is 1.44 bits per heavy atom. The van der Waals surface area contributed by atoms with Crippen LogP contribution in [0.4, 0.5) is 0 Å². The first-order valence-electron chi connectivity index (χ1n) is 5.87. The maximum atomic E-state index is 11.3. The van der Waals surface area contributed by atoms with Crippen molar-refractivity contribution in [3.05, 3.63) is 0 Å². The zero-order chi connectivity index (χ0) is 11.6. The van der Waals surface area contributed by atoms with Crippen molar-refractivity contribution >= 4 is 20.6 Å². The zero-order valence-corrected chi connectivity index (χ0v) is 11.0. The molecule has 0 saturated carbocycles. The molecule has 2 heterocycles. The Hall–Kier alpha value is 0.0600. The number of hydrogen-bond acceptors (Lipinski definition) is 4. The van der Waals surface area contributed by atoms with E-state index in [-0.39, 0.29) is 0 Å². The largest absolute Gasteiger partial charge is 0.311 e. The molecule has 0 unspecified atom stereocenters. The average Bonchev–Trinajstić information content (AvgIpc) is 2.24. The molecule has 1 N–H and O–H groups in total. The first-order valence-corrected chi connectivity index (χ1v) is 9.17. The van der Waals surface area contributed by atoms with E-state index in [1.807, 2.05) is 0 Å². The van der Waals surface area contributed by atoms with Crippen molar-refractivity contribution in [2.24, 2.45) is 0 Å². The van der Waals surface area contributed by atoms with Crippen LogP contribution in [0.1, 0.15) is 25.7 Å². The summed E-state index contributed by atoms with van der Waals surface area (Å²) in [6.45, 7) is 0. The van der Waals surface area contributed by atoms with Gasteiger partial charge in [0.1, 0.15) is 9.84 Å². The lowest BCUT2D eigenvalue weighted by atomic mass is 10.1. The van der Waals surface area contributed by atoms with Crippen molar-refractivity contribution in [3.63, 3.8) is 0 Å². The molecule has 0 bridgehead atoms. The lowest BCUT2D eigenvalue weighted by Gasteiger charge is -2.30. The first kappa shape index (κ1) is 12.5. The molecule has 2 aliphatic rings. The minimum atomic E-state index is -2.75. The molecule has 2 fully saturated rings. The Bertz CT molecular complexity index is 342. The van der Waals surface area contributed by atoms with Crippen molar-refractivity contribution in [1.29, 1.82) is 0 Å². The highest BCUT2D eigenvalue weighted by molar-refractivity contribution is 7.91. The first-order chi connectivity index (χ1) is 7.55. The van der Waals surface area contributed by atoms with Crippen molar-refractivity contribution in [2.75, 3.05) is 23.0 Å². The summed E-state index contributed by atoms with van der Waals surface area (Å²) in [6, 6.07) is 0.795. The van der Waals surface area contributed by atoms with Gasteiger partial charge in [-0.3, -0.25) is 4.21 Å². The van der Waals surface area contributed by atoms with Gasteiger partial charge in [0.2, 0.25) is 0 Å². The molecule has 0 amide bonds. The molecule has 0 aliphatic carbocycles. The highest BCUT2D eigenvalue weighted by Gasteiger charge is 2.26. The molecular weight excluding hydrogens is 246 g/mol. The summed E-state index contributed by atoms with van der Waals surface area (Å²) in [6.07, 6.45) is 3.41. The van der Waals surface area contributed by atoms with Gasteiger partial charge >= 0.3 is 0 Å². The van der Waals surface area contributed by atoms with E-state index in [9.17, 15) is 12.6 Å². The van der Waals surface area contributed by atoms with Crippen molar-refractivity contribution < 1.29 is 12.6 Å². The summed E-state index contributed by atoms with van der Waals surface area (Å²) in [7, 11) is -3.37. The van der Waals surface area contributed by atoms with Crippen LogP contribution in [0.15, 0.2) is 0 Å². The fourth-order valence-corrected chi connectivity index (χ4v) is 5.14. The molecule has 0 spiro atoms. The van der Waals surface area contributed by atoms with E-state index in [0.717, 1.165) is 37.2 Å². The molecular formula is C10H19NO3S2. The quantitative estimate of drug-likeness (QED) is 0.767. The van der Waals surface area contributed by atoms with Crippen LogP contribution in [-0.2, 0) is 20.6 Å². The predicted octanol–water partition coefficient (Wildman–Crippen LogP) is 0.0643. The monoisotopic (exact) mass is 265 g/mol. The SMILES string of the molecule is O=S1CCC(NC2CCS(=O)(=O)CC2)CC1. The van der Waals surface area contributed by atoms with Gasteiger partial charge in [0.05, 0.1) is 11.5 Å². The number of rotatable bonds is 2. The number of hydrogen-bond donors (Lipinski definition) is 1. The summed E-state index contributed by atoms with van der Waals surface area (Å²) in [5.74, 6) is 2.23. The molecule has 0 radical (unpaired) electrons. The van der Waals surface area contributed by atoms with Crippen molar-refractivity contribution in [1.82, 2.24) is 5.32 Å². The Labute approximate surface area is 99.6 Å². The summed E-state index contributed by atoms with van der Waals surface area (Å²) >= 11 is 0. The molecule has 6 heteroatoms. The fourth-order valence-electron chi connectivity index (χ4n) is 2.35. The maximum Gasteiger partial charge on any atom is 0.150 e. The van der Waals surface area contributed by atoms with E-state index >= 15 is 0 Å². The molecule has 2 rings (SSSR count). The van der Waals surface area contributed by atoms with Gasteiger partial charge in [0.25, 0.3) is 0 Å². The number of nitrogens with one attached hydrogen (secondary N) is 1. The molecule has 0 aromatic rings. The minimum absolute atomic E-state index is 0.323. The topological polar surface area (TPSA) is 63.2 Å². The molecule has 2 saturated heterocycles. The van der Waals surface area contributed by atoms with Crippen LogP contribution in [-0.4, -0.2) is 47.7 Å². The summed E-state index contributed by atoms with van der Waals surface area (Å²) in [4.78, 5) is 0. The lowest BCUT2D eigenvalue weighted by molar-refractivity contribution is 0.380. The summed E-state index contributed by atoms with van der Waals surface area (Å²) < 4.78 is 33.7. The van der Waals surface area contributed by atoms with Gasteiger partial charge in [-0.15, -0.1) is 0 Å². The standard InChI is InChI=1S/C10H19NO3S2/c12-15-5-1-9(2-6-15)11-10-3-7-16(13,14)8-4-10/h9-11H,1-8H2. The van der Waals surface area contributed by atoms with Gasteiger partial charge in [0.15, 0.2) is 0 Å². The van der Waals surface area contributed by atoms with Crippen LogP contribution >= 0.6 is 0 Å². The van der Waals surface area contributed by atoms with E-state index in [4.69, 9.17) is 0 Å². The van der Waals surface area contributed by atoms with E-state index in [1.54, 1.807) is 0 Å². The molecule has 0 atom stereocenters. The third-order valence-corrected chi connectivity index (χ3v) is 6.51. The molecule has 94 valence electrons. The van der Waals surface area contributed by atoms with Gasteiger partial charge < -0.3 is 5.32 Å². The van der Waals surface area contributed by atoms with Crippen LogP contribution < -0.4 is 5.32 Å². The second-order valence-corrected chi connectivity index (χ2v) is 8.71. The van der Waals surface area contributed by atoms with Crippen LogP contribution in [0.5, 0.6) is 0 Å². The maximum absolute atomic E-state index is 11.3. The van der Waals surface area contributed by atoms with Gasteiger partial charge in [-0.25, -0.2) is 8.42 Å². The highest BCUT2D eigenvalue weighted by atomic mass is 32.2. The zero-order valence-electron chi connectivity index (χ0n) is 9.35. The van der Waals surface area contributed by atoms with Gasteiger partial charge in [0, 0.05) is 34.4 Å². The second-order valence-electron chi connectivity index (χ2n) is 4.72. The van der Waals surface area contributed by atoms with Crippen LogP contribution in [0.3, 0.4) is 0 Å². The Balaban J connectivity index is 1.77. The Morgan fingerprint density at radius 3 is 2.00 bits per heavy atom. The minimum Gasteiger partial charge on any atom is -0.311 e. The average molecular weight is 265 g/mol. The molecule has 0 aromatic heterocycles. The van der Waals surface area contributed by atoms with Crippen LogP contribution in [0.2, 0.25) is 0 Å². The Kier molecular flexibility index (Phi) is 4.02. The summed E-state index contributed by atoms with van der Waals surface area (Å²) in [5.41, 5.74) is 0. The van der Waals surface area contributed by atoms with Gasteiger partial charge in [-0.1, -0.05) is 0 Å². The molecule has 16 heavy (non-hydrogen) atoms. The van der Waals surface area contributed by atoms with Crippen LogP contribution in [0.25, 0.3) is 0 Å². The van der Waals surface area contributed by atoms with Gasteiger partial charge in [-0.2, -0.15) is 0 Å². The van der Waals surface area contributed by atoms with Crippen molar-refractivity contribution in [3.8, 4) is 0 Å². The van der Waals surface area contributed by atoms with Crippen molar-refractivity contribution in [2.45, 2.75) is 37.8 Å². The Morgan fingerprint density at radius 1 is 0.938 bits per heavy atom.